The number of aliphatic hydroxyl groups is 1. The summed E-state index contributed by atoms with van der Waals surface area (Å²) < 4.78 is 0. The molecule has 0 aromatic carbocycles. The highest BCUT2D eigenvalue weighted by molar-refractivity contribution is 7.98. The van der Waals surface area contributed by atoms with E-state index >= 15 is 0 Å². The van der Waals surface area contributed by atoms with Crippen LogP contribution in [0.4, 0.5) is 0 Å². The van der Waals surface area contributed by atoms with Crippen LogP contribution < -0.4 is 21.7 Å². The average molecular weight is 471 g/mol. The van der Waals surface area contributed by atoms with Crippen molar-refractivity contribution >= 4 is 59.8 Å². The monoisotopic (exact) mass is 470 g/mol. The summed E-state index contributed by atoms with van der Waals surface area (Å²) in [7, 11) is 0. The number of carboxylic acid groups (broad SMARTS) is 1. The first kappa shape index (κ1) is 27.8. The second-order valence-electron chi connectivity index (χ2n) is 6.06. The van der Waals surface area contributed by atoms with Gasteiger partial charge in [-0.15, -0.1) is 0 Å². The van der Waals surface area contributed by atoms with Gasteiger partial charge in [0.25, 0.3) is 0 Å². The SMILES string of the molecule is CSCCC(N)C(=O)NC(CO)C(=O)NC(CS)C(=O)NC(CCSC)C(=O)O. The number of nitrogens with one attached hydrogen (secondary N) is 3. The van der Waals surface area contributed by atoms with Gasteiger partial charge in [-0.25, -0.2) is 4.79 Å². The van der Waals surface area contributed by atoms with E-state index in [1.165, 1.54) is 23.5 Å². The quantitative estimate of drug-likeness (QED) is 0.138. The number of aliphatic carboxylic acids is 1. The van der Waals surface area contributed by atoms with Crippen molar-refractivity contribution in [2.24, 2.45) is 5.73 Å². The molecule has 0 radical (unpaired) electrons. The molecule has 0 heterocycles. The number of hydrogen-bond donors (Lipinski definition) is 7. The molecular formula is C16H30N4O6S3. The van der Waals surface area contributed by atoms with Gasteiger partial charge < -0.3 is 31.9 Å². The molecule has 3 amide bonds. The van der Waals surface area contributed by atoms with Gasteiger partial charge in [-0.05, 0) is 36.9 Å². The van der Waals surface area contributed by atoms with Gasteiger partial charge in [0.05, 0.1) is 12.6 Å². The van der Waals surface area contributed by atoms with Crippen LogP contribution in [0.1, 0.15) is 12.8 Å². The van der Waals surface area contributed by atoms with Crippen LogP contribution >= 0.6 is 36.2 Å². The molecule has 0 aliphatic rings. The Morgan fingerprint density at radius 3 is 1.86 bits per heavy atom. The fourth-order valence-electron chi connectivity index (χ4n) is 2.08. The molecule has 0 saturated carbocycles. The number of hydrogen-bond acceptors (Lipinski definition) is 9. The molecule has 0 bridgehead atoms. The van der Waals surface area contributed by atoms with Gasteiger partial charge in [0, 0.05) is 5.75 Å². The zero-order valence-electron chi connectivity index (χ0n) is 16.4. The predicted octanol–water partition coefficient (Wildman–Crippen LogP) is -1.72. The van der Waals surface area contributed by atoms with Crippen LogP contribution in [-0.2, 0) is 19.2 Å². The molecule has 4 atom stereocenters. The van der Waals surface area contributed by atoms with E-state index in [1.54, 1.807) is 0 Å². The molecule has 4 unspecified atom stereocenters. The lowest BCUT2D eigenvalue weighted by molar-refractivity contribution is -0.142. The number of aliphatic hydroxyl groups excluding tert-OH is 1. The number of rotatable bonds is 15. The Morgan fingerprint density at radius 1 is 0.897 bits per heavy atom. The molecule has 0 aromatic heterocycles. The predicted molar refractivity (Wildman–Crippen MR) is 118 cm³/mol. The van der Waals surface area contributed by atoms with E-state index in [9.17, 15) is 29.4 Å². The number of thiol groups is 1. The summed E-state index contributed by atoms with van der Waals surface area (Å²) in [5, 5.41) is 25.7. The molecule has 0 spiro atoms. The molecule has 13 heteroatoms. The fourth-order valence-corrected chi connectivity index (χ4v) is 3.30. The van der Waals surface area contributed by atoms with Crippen LogP contribution in [0.3, 0.4) is 0 Å². The number of carboxylic acids is 1. The van der Waals surface area contributed by atoms with Gasteiger partial charge in [-0.1, -0.05) is 0 Å². The number of nitrogens with two attached hydrogens (primary N) is 1. The molecule has 0 aromatic rings. The summed E-state index contributed by atoms with van der Waals surface area (Å²) in [6.07, 6.45) is 4.31. The van der Waals surface area contributed by atoms with Crippen molar-refractivity contribution in [1.29, 1.82) is 0 Å². The number of carbonyl (C=O) groups is 4. The van der Waals surface area contributed by atoms with Crippen molar-refractivity contribution in [2.75, 3.05) is 36.4 Å². The third kappa shape index (κ3) is 11.0. The Balaban J connectivity index is 4.89. The lowest BCUT2D eigenvalue weighted by atomic mass is 10.1. The number of carbonyl (C=O) groups excluding carboxylic acids is 3. The summed E-state index contributed by atoms with van der Waals surface area (Å²) in [6.45, 7) is -0.695. The molecular weight excluding hydrogens is 440 g/mol. The minimum atomic E-state index is -1.30. The van der Waals surface area contributed by atoms with Crippen molar-refractivity contribution in [3.8, 4) is 0 Å². The molecule has 0 saturated heterocycles. The Hall–Kier alpha value is -1.15. The largest absolute Gasteiger partial charge is 0.480 e. The lowest BCUT2D eigenvalue weighted by Crippen LogP contribution is -2.58. The lowest BCUT2D eigenvalue weighted by Gasteiger charge is -2.23. The maximum atomic E-state index is 12.3. The van der Waals surface area contributed by atoms with Gasteiger partial charge >= 0.3 is 5.97 Å². The standard InChI is InChI=1S/C16H30N4O6S3/c1-28-5-3-9(17)13(22)19-11(7-21)14(23)20-12(8-27)15(24)18-10(16(25)26)4-6-29-2/h9-12,21,27H,3-8,17H2,1-2H3,(H,18,24)(H,19,22)(H,20,23)(H,25,26). The highest BCUT2D eigenvalue weighted by Crippen LogP contribution is 2.03. The minimum Gasteiger partial charge on any atom is -0.480 e. The van der Waals surface area contributed by atoms with Gasteiger partial charge in [-0.2, -0.15) is 36.2 Å². The van der Waals surface area contributed by atoms with Gasteiger partial charge in [0.1, 0.15) is 18.1 Å². The van der Waals surface area contributed by atoms with Crippen molar-refractivity contribution < 1.29 is 29.4 Å². The maximum absolute atomic E-state index is 12.3. The first-order valence-corrected chi connectivity index (χ1v) is 12.2. The van der Waals surface area contributed by atoms with Crippen LogP contribution in [0.2, 0.25) is 0 Å². The third-order valence-electron chi connectivity index (χ3n) is 3.83. The molecule has 0 rings (SSSR count). The second-order valence-corrected chi connectivity index (χ2v) is 8.39. The second kappa shape index (κ2) is 15.7. The molecule has 0 fully saturated rings. The first-order chi connectivity index (χ1) is 13.7. The highest BCUT2D eigenvalue weighted by atomic mass is 32.2. The van der Waals surface area contributed by atoms with Gasteiger partial charge in [-0.3, -0.25) is 14.4 Å². The molecule has 0 aliphatic heterocycles. The van der Waals surface area contributed by atoms with E-state index in [0.717, 1.165) is 0 Å². The minimum absolute atomic E-state index is 0.105. The van der Waals surface area contributed by atoms with Crippen LogP contribution in [0.15, 0.2) is 0 Å². The van der Waals surface area contributed by atoms with E-state index in [2.05, 4.69) is 28.6 Å². The van der Waals surface area contributed by atoms with Crippen LogP contribution in [0, 0.1) is 0 Å². The highest BCUT2D eigenvalue weighted by Gasteiger charge is 2.29. The van der Waals surface area contributed by atoms with E-state index in [0.29, 0.717) is 17.9 Å². The summed E-state index contributed by atoms with van der Waals surface area (Å²) in [5.74, 6) is -2.21. The Labute approximate surface area is 184 Å². The molecule has 168 valence electrons. The fraction of sp³-hybridized carbons (Fsp3) is 0.750. The summed E-state index contributed by atoms with van der Waals surface area (Å²) in [5.41, 5.74) is 5.73. The van der Waals surface area contributed by atoms with Crippen molar-refractivity contribution in [3.05, 3.63) is 0 Å². The van der Waals surface area contributed by atoms with E-state index in [-0.39, 0.29) is 12.2 Å². The third-order valence-corrected chi connectivity index (χ3v) is 5.48. The zero-order chi connectivity index (χ0) is 22.4. The van der Waals surface area contributed by atoms with Gasteiger partial charge in [0.2, 0.25) is 17.7 Å². The summed E-state index contributed by atoms with van der Waals surface area (Å²) >= 11 is 6.97. The molecule has 7 N–H and O–H groups in total. The van der Waals surface area contributed by atoms with E-state index in [1.807, 2.05) is 12.5 Å². The van der Waals surface area contributed by atoms with E-state index < -0.39 is 54.5 Å². The molecule has 10 nitrogen and oxygen atoms in total. The number of amides is 3. The van der Waals surface area contributed by atoms with Crippen LogP contribution in [0.5, 0.6) is 0 Å². The smallest absolute Gasteiger partial charge is 0.326 e. The molecule has 29 heavy (non-hydrogen) atoms. The van der Waals surface area contributed by atoms with Gasteiger partial charge in [0.15, 0.2) is 0 Å². The Bertz CT molecular complexity index is 555. The number of thioether (sulfide) groups is 2. The van der Waals surface area contributed by atoms with Crippen molar-refractivity contribution in [2.45, 2.75) is 37.0 Å². The van der Waals surface area contributed by atoms with E-state index in [4.69, 9.17) is 5.73 Å². The normalized spacial score (nSPS) is 14.9. The van der Waals surface area contributed by atoms with Crippen LogP contribution in [0.25, 0.3) is 0 Å². The van der Waals surface area contributed by atoms with Crippen molar-refractivity contribution in [3.63, 3.8) is 0 Å². The van der Waals surface area contributed by atoms with Crippen LogP contribution in [-0.4, -0.2) is 94.4 Å². The molecule has 0 aliphatic carbocycles. The zero-order valence-corrected chi connectivity index (χ0v) is 18.9. The summed E-state index contributed by atoms with van der Waals surface area (Å²) in [4.78, 5) is 48.0. The first-order valence-electron chi connectivity index (χ1n) is 8.80. The summed E-state index contributed by atoms with van der Waals surface area (Å²) in [6, 6.07) is -4.37. The maximum Gasteiger partial charge on any atom is 0.326 e. The Kier molecular flexibility index (Phi) is 15.0. The average Bonchev–Trinajstić information content (AvgIpc) is 2.70. The topological polar surface area (TPSA) is 171 Å². The Morgan fingerprint density at radius 2 is 1.38 bits per heavy atom. The van der Waals surface area contributed by atoms with Crippen molar-refractivity contribution in [1.82, 2.24) is 16.0 Å².